The van der Waals surface area contributed by atoms with E-state index in [1.54, 1.807) is 0 Å². The van der Waals surface area contributed by atoms with E-state index in [0.717, 1.165) is 0 Å². The monoisotopic (exact) mass is 280 g/mol. The van der Waals surface area contributed by atoms with Crippen molar-refractivity contribution in [1.82, 2.24) is 0 Å². The molecule has 80 valence electrons. The molecule has 0 aromatic heterocycles. The Labute approximate surface area is 103 Å². The van der Waals surface area contributed by atoms with Crippen molar-refractivity contribution in [3.63, 3.8) is 0 Å². The van der Waals surface area contributed by atoms with Gasteiger partial charge in [-0.1, -0.05) is 48.6 Å². The number of halogens is 2. The average Bonchev–Trinajstić information content (AvgIpc) is 2.66. The zero-order valence-electron chi connectivity index (χ0n) is 7.69. The predicted octanol–water partition coefficient (Wildman–Crippen LogP) is 4.70. The normalized spacial score (nSPS) is 11.6. The Bertz CT molecular complexity index is 465. The third-order valence-corrected chi connectivity index (χ3v) is 2.41. The summed E-state index contributed by atoms with van der Waals surface area (Å²) in [6, 6.07) is 12.9. The van der Waals surface area contributed by atoms with Crippen LogP contribution in [0.4, 0.5) is 0 Å². The van der Waals surface area contributed by atoms with E-state index >= 15 is 0 Å². The molecule has 0 unspecified atom stereocenters. The Hall–Kier alpha value is -0.486. The van der Waals surface area contributed by atoms with E-state index in [4.69, 9.17) is 20.4 Å². The summed E-state index contributed by atoms with van der Waals surface area (Å²) in [5.74, 6) is 0. The quantitative estimate of drug-likeness (QED) is 0.524. The van der Waals surface area contributed by atoms with Gasteiger partial charge in [0.25, 0.3) is 0 Å². The topological polar surface area (TPSA) is 0 Å². The molecule has 3 heteroatoms. The fourth-order valence-electron chi connectivity index (χ4n) is 1.86. The van der Waals surface area contributed by atoms with Gasteiger partial charge in [0, 0.05) is 0 Å². The van der Waals surface area contributed by atoms with Crippen molar-refractivity contribution in [1.29, 1.82) is 0 Å². The van der Waals surface area contributed by atoms with Crippen molar-refractivity contribution in [2.45, 2.75) is 0 Å². The summed E-state index contributed by atoms with van der Waals surface area (Å²) in [7, 11) is 9.40. The SMILES string of the molecule is C1=Cc2cccc3cccc1c23.[Cl][Ni][Cl]. The molecule has 0 radical (unpaired) electrons. The molecule has 1 aliphatic rings. The Morgan fingerprint density at radius 2 is 1.27 bits per heavy atom. The molecule has 0 amide bonds. The van der Waals surface area contributed by atoms with E-state index in [1.165, 1.54) is 21.9 Å². The Morgan fingerprint density at radius 3 is 1.73 bits per heavy atom. The molecule has 0 heterocycles. The van der Waals surface area contributed by atoms with Crippen LogP contribution in [0.25, 0.3) is 22.9 Å². The van der Waals surface area contributed by atoms with E-state index < -0.39 is 0 Å². The molecule has 3 rings (SSSR count). The van der Waals surface area contributed by atoms with Gasteiger partial charge in [0.2, 0.25) is 0 Å². The molecule has 1 aliphatic carbocycles. The van der Waals surface area contributed by atoms with Crippen LogP contribution in [0, 0.1) is 0 Å². The van der Waals surface area contributed by atoms with Gasteiger partial charge in [-0.3, -0.25) is 0 Å². The molecule has 2 aromatic carbocycles. The molecule has 0 fully saturated rings. The number of hydrogen-bond acceptors (Lipinski definition) is 0. The van der Waals surface area contributed by atoms with Crippen molar-refractivity contribution < 1.29 is 12.7 Å². The van der Waals surface area contributed by atoms with Crippen LogP contribution < -0.4 is 0 Å². The first kappa shape index (κ1) is 11.0. The van der Waals surface area contributed by atoms with Gasteiger partial charge in [0.15, 0.2) is 0 Å². The summed E-state index contributed by atoms with van der Waals surface area (Å²) >= 11 is 0.569. The van der Waals surface area contributed by atoms with Gasteiger partial charge >= 0.3 is 33.0 Å². The molecule has 0 bridgehead atoms. The van der Waals surface area contributed by atoms with E-state index in [2.05, 4.69) is 48.6 Å². The summed E-state index contributed by atoms with van der Waals surface area (Å²) in [6.07, 6.45) is 4.36. The molecular weight excluding hydrogens is 274 g/mol. The summed E-state index contributed by atoms with van der Waals surface area (Å²) in [5.41, 5.74) is 2.70. The van der Waals surface area contributed by atoms with Crippen molar-refractivity contribution in [2.24, 2.45) is 0 Å². The van der Waals surface area contributed by atoms with Crippen LogP contribution in [0.3, 0.4) is 0 Å². The van der Waals surface area contributed by atoms with E-state index in [9.17, 15) is 0 Å². The number of benzene rings is 2. The Kier molecular flexibility index (Phi) is 3.69. The van der Waals surface area contributed by atoms with Crippen molar-refractivity contribution >= 4 is 43.3 Å². The van der Waals surface area contributed by atoms with Crippen LogP contribution in [0.1, 0.15) is 11.1 Å². The predicted molar refractivity (Wildman–Crippen MR) is 64.6 cm³/mol. The van der Waals surface area contributed by atoms with Crippen LogP contribution in [-0.4, -0.2) is 0 Å². The second-order valence-electron chi connectivity index (χ2n) is 3.17. The van der Waals surface area contributed by atoms with Gasteiger partial charge < -0.3 is 0 Å². The van der Waals surface area contributed by atoms with Crippen LogP contribution in [0.15, 0.2) is 36.4 Å². The molecule has 0 spiro atoms. The van der Waals surface area contributed by atoms with Crippen molar-refractivity contribution in [2.75, 3.05) is 0 Å². The van der Waals surface area contributed by atoms with Gasteiger partial charge in [0.05, 0.1) is 0 Å². The van der Waals surface area contributed by atoms with Crippen LogP contribution in [0.5, 0.6) is 0 Å². The van der Waals surface area contributed by atoms with Gasteiger partial charge in [-0.15, -0.1) is 0 Å². The molecule has 15 heavy (non-hydrogen) atoms. The molecule has 2 aromatic rings. The molecule has 0 aliphatic heterocycles. The van der Waals surface area contributed by atoms with E-state index in [1.807, 2.05) is 0 Å². The third kappa shape index (κ3) is 2.20. The summed E-state index contributed by atoms with van der Waals surface area (Å²) in [4.78, 5) is 0. The second-order valence-corrected chi connectivity index (χ2v) is 4.80. The molecular formula is C12H8Cl2Ni. The summed E-state index contributed by atoms with van der Waals surface area (Å²) in [6.45, 7) is 0. The molecule has 0 saturated heterocycles. The zero-order chi connectivity index (χ0) is 10.7. The fourth-order valence-corrected chi connectivity index (χ4v) is 1.86. The van der Waals surface area contributed by atoms with Gasteiger partial charge in [-0.05, 0) is 21.9 Å². The first-order valence-corrected chi connectivity index (χ1v) is 7.11. The van der Waals surface area contributed by atoms with Crippen molar-refractivity contribution in [3.05, 3.63) is 47.5 Å². The van der Waals surface area contributed by atoms with Crippen LogP contribution in [-0.2, 0) is 12.7 Å². The van der Waals surface area contributed by atoms with Gasteiger partial charge in [0.1, 0.15) is 0 Å². The van der Waals surface area contributed by atoms with E-state index in [-0.39, 0.29) is 0 Å². The standard InChI is InChI=1S/C12H8.2ClH.Ni/c1-3-9-4-2-6-11-8-7-10(5-1)12(9)11;;;/h1-8H;2*1H;/q;;;+2/p-2. The maximum absolute atomic E-state index is 4.70. The number of hydrogen-bond donors (Lipinski definition) is 0. The molecule has 0 N–H and O–H groups in total. The average molecular weight is 282 g/mol. The summed E-state index contributed by atoms with van der Waals surface area (Å²) < 4.78 is 0. The molecule has 0 nitrogen and oxygen atoms in total. The minimum absolute atomic E-state index is 0.569. The zero-order valence-corrected chi connectivity index (χ0v) is 10.2. The Balaban J connectivity index is 0.000000258. The molecule has 0 saturated carbocycles. The fraction of sp³-hybridized carbons (Fsp3) is 0. The second kappa shape index (κ2) is 5.03. The maximum atomic E-state index is 4.70. The van der Waals surface area contributed by atoms with Crippen LogP contribution in [0.2, 0.25) is 0 Å². The van der Waals surface area contributed by atoms with Gasteiger partial charge in [-0.2, -0.15) is 0 Å². The molecule has 0 atom stereocenters. The van der Waals surface area contributed by atoms with Crippen molar-refractivity contribution in [3.8, 4) is 0 Å². The van der Waals surface area contributed by atoms with E-state index in [0.29, 0.717) is 12.7 Å². The first-order valence-electron chi connectivity index (χ1n) is 4.39. The Morgan fingerprint density at radius 1 is 0.800 bits per heavy atom. The third-order valence-electron chi connectivity index (χ3n) is 2.41. The van der Waals surface area contributed by atoms with Gasteiger partial charge in [-0.25, -0.2) is 0 Å². The van der Waals surface area contributed by atoms with Crippen LogP contribution >= 0.6 is 20.4 Å². The minimum atomic E-state index is 0.569. The first-order chi connectivity index (χ1) is 7.36. The number of rotatable bonds is 0. The summed E-state index contributed by atoms with van der Waals surface area (Å²) in [5, 5.41) is 2.75.